The van der Waals surface area contributed by atoms with Gasteiger partial charge in [0, 0.05) is 11.8 Å². The maximum Gasteiger partial charge on any atom is 0.197 e. The van der Waals surface area contributed by atoms with E-state index in [1.165, 1.54) is 23.6 Å². The maximum absolute atomic E-state index is 12.3. The average Bonchev–Trinajstić information content (AvgIpc) is 3.10. The molecule has 0 amide bonds. The first-order valence-corrected chi connectivity index (χ1v) is 7.95. The lowest BCUT2D eigenvalue weighted by atomic mass is 10.1. The smallest absolute Gasteiger partial charge is 0.197 e. The second kappa shape index (κ2) is 6.90. The Labute approximate surface area is 143 Å². The lowest BCUT2D eigenvalue weighted by Crippen LogP contribution is -1.89. The quantitative estimate of drug-likeness (QED) is 0.571. The van der Waals surface area contributed by atoms with Crippen molar-refractivity contribution in [2.45, 2.75) is 0 Å². The van der Waals surface area contributed by atoms with E-state index < -0.39 is 0 Å². The fraction of sp³-hybridized carbons (Fsp3) is 0. The Kier molecular flexibility index (Phi) is 4.50. The standard InChI is InChI=1S/C19H12N2O2S/c20-11-14-4-1-3-13(9-14)7-8-17(23)18-12-21-19(24-18)15-5-2-6-16(22)10-15/h1-10,12,22H. The van der Waals surface area contributed by atoms with Gasteiger partial charge in [-0.05, 0) is 35.9 Å². The first-order valence-electron chi connectivity index (χ1n) is 7.13. The fourth-order valence-electron chi connectivity index (χ4n) is 2.13. The van der Waals surface area contributed by atoms with Crippen molar-refractivity contribution in [1.29, 1.82) is 5.26 Å². The zero-order valence-electron chi connectivity index (χ0n) is 12.5. The molecule has 0 aliphatic heterocycles. The van der Waals surface area contributed by atoms with E-state index in [-0.39, 0.29) is 11.5 Å². The predicted molar refractivity (Wildman–Crippen MR) is 93.7 cm³/mol. The van der Waals surface area contributed by atoms with Crippen LogP contribution in [0.1, 0.15) is 20.8 Å². The minimum absolute atomic E-state index is 0.152. The third-order valence-electron chi connectivity index (χ3n) is 3.28. The molecule has 0 saturated heterocycles. The Bertz CT molecular complexity index is 967. The number of benzene rings is 2. The third kappa shape index (κ3) is 3.57. The van der Waals surface area contributed by atoms with Gasteiger partial charge < -0.3 is 5.11 Å². The number of allylic oxidation sites excluding steroid dienone is 1. The Morgan fingerprint density at radius 3 is 2.83 bits per heavy atom. The molecule has 116 valence electrons. The molecule has 24 heavy (non-hydrogen) atoms. The van der Waals surface area contributed by atoms with Crippen LogP contribution in [-0.4, -0.2) is 15.9 Å². The van der Waals surface area contributed by atoms with Gasteiger partial charge in [0.2, 0.25) is 0 Å². The molecule has 1 aromatic heterocycles. The van der Waals surface area contributed by atoms with Crippen molar-refractivity contribution in [3.63, 3.8) is 0 Å². The highest BCUT2D eigenvalue weighted by Crippen LogP contribution is 2.27. The molecule has 5 heteroatoms. The molecular formula is C19H12N2O2S. The zero-order valence-corrected chi connectivity index (χ0v) is 13.3. The number of rotatable bonds is 4. The van der Waals surface area contributed by atoms with Crippen molar-refractivity contribution in [2.24, 2.45) is 0 Å². The van der Waals surface area contributed by atoms with Crippen LogP contribution in [0, 0.1) is 11.3 Å². The van der Waals surface area contributed by atoms with Gasteiger partial charge in [-0.3, -0.25) is 4.79 Å². The first-order chi connectivity index (χ1) is 11.7. The Morgan fingerprint density at radius 1 is 1.21 bits per heavy atom. The van der Waals surface area contributed by atoms with Crippen LogP contribution in [0.5, 0.6) is 5.75 Å². The summed E-state index contributed by atoms with van der Waals surface area (Å²) < 4.78 is 0. The van der Waals surface area contributed by atoms with Crippen LogP contribution < -0.4 is 0 Å². The summed E-state index contributed by atoms with van der Waals surface area (Å²) in [5, 5.41) is 19.1. The Hall–Kier alpha value is -3.23. The minimum Gasteiger partial charge on any atom is -0.508 e. The second-order valence-corrected chi connectivity index (χ2v) is 6.05. The molecule has 2 aromatic carbocycles. The normalized spacial score (nSPS) is 10.6. The van der Waals surface area contributed by atoms with Crippen molar-refractivity contribution in [1.82, 2.24) is 4.98 Å². The van der Waals surface area contributed by atoms with Crippen LogP contribution in [0.25, 0.3) is 16.6 Å². The number of nitriles is 1. The van der Waals surface area contributed by atoms with Gasteiger partial charge in [-0.1, -0.05) is 30.3 Å². The Balaban J connectivity index is 1.79. The number of phenolic OH excluding ortho intramolecular Hbond substituents is 1. The number of hydrogen-bond acceptors (Lipinski definition) is 5. The highest BCUT2D eigenvalue weighted by Gasteiger charge is 2.10. The van der Waals surface area contributed by atoms with E-state index in [4.69, 9.17) is 5.26 Å². The number of ketones is 1. The van der Waals surface area contributed by atoms with Crippen LogP contribution in [0.2, 0.25) is 0 Å². The predicted octanol–water partition coefficient (Wildman–Crippen LogP) is 4.28. The highest BCUT2D eigenvalue weighted by atomic mass is 32.1. The molecule has 0 fully saturated rings. The summed E-state index contributed by atoms with van der Waals surface area (Å²) in [7, 11) is 0. The average molecular weight is 332 g/mol. The largest absolute Gasteiger partial charge is 0.508 e. The van der Waals surface area contributed by atoms with Crippen molar-refractivity contribution in [3.05, 3.63) is 76.8 Å². The molecule has 0 spiro atoms. The number of aromatic hydroxyl groups is 1. The topological polar surface area (TPSA) is 74.0 Å². The number of thiazole rings is 1. The van der Waals surface area contributed by atoms with E-state index in [9.17, 15) is 9.90 Å². The minimum atomic E-state index is -0.152. The summed E-state index contributed by atoms with van der Waals surface area (Å²) in [5.41, 5.74) is 2.11. The molecule has 3 rings (SSSR count). The lowest BCUT2D eigenvalue weighted by molar-refractivity contribution is 0.105. The van der Waals surface area contributed by atoms with Crippen molar-refractivity contribution in [3.8, 4) is 22.4 Å². The van der Waals surface area contributed by atoms with E-state index in [0.717, 1.165) is 11.1 Å². The van der Waals surface area contributed by atoms with E-state index >= 15 is 0 Å². The van der Waals surface area contributed by atoms with Crippen LogP contribution in [-0.2, 0) is 0 Å². The highest BCUT2D eigenvalue weighted by molar-refractivity contribution is 7.17. The van der Waals surface area contributed by atoms with Gasteiger partial charge in [0.1, 0.15) is 10.8 Å². The molecule has 0 atom stereocenters. The van der Waals surface area contributed by atoms with Crippen LogP contribution in [0.3, 0.4) is 0 Å². The van der Waals surface area contributed by atoms with Crippen LogP contribution >= 0.6 is 11.3 Å². The van der Waals surface area contributed by atoms with Crippen LogP contribution in [0.15, 0.2) is 60.8 Å². The molecule has 1 heterocycles. The van der Waals surface area contributed by atoms with E-state index in [1.807, 2.05) is 12.1 Å². The molecule has 1 N–H and O–H groups in total. The number of nitrogens with zero attached hydrogens (tertiary/aromatic N) is 2. The molecule has 4 nitrogen and oxygen atoms in total. The van der Waals surface area contributed by atoms with E-state index in [2.05, 4.69) is 11.1 Å². The van der Waals surface area contributed by atoms with E-state index in [1.54, 1.807) is 42.5 Å². The molecule has 0 radical (unpaired) electrons. The summed E-state index contributed by atoms with van der Waals surface area (Å²) in [5.74, 6) is 0.00844. The zero-order chi connectivity index (χ0) is 16.9. The summed E-state index contributed by atoms with van der Waals surface area (Å²) in [6.07, 6.45) is 4.68. The van der Waals surface area contributed by atoms with Crippen molar-refractivity contribution < 1.29 is 9.90 Å². The molecular weight excluding hydrogens is 320 g/mol. The molecule has 3 aromatic rings. The summed E-state index contributed by atoms with van der Waals surface area (Å²) >= 11 is 1.27. The van der Waals surface area contributed by atoms with Gasteiger partial charge in [0.05, 0.1) is 16.5 Å². The molecule has 0 saturated carbocycles. The van der Waals surface area contributed by atoms with Gasteiger partial charge >= 0.3 is 0 Å². The summed E-state index contributed by atoms with van der Waals surface area (Å²) in [6, 6.07) is 15.8. The number of hydrogen-bond donors (Lipinski definition) is 1. The monoisotopic (exact) mass is 332 g/mol. The SMILES string of the molecule is N#Cc1cccc(C=CC(=O)c2cnc(-c3cccc(O)c3)s2)c1. The first kappa shape index (κ1) is 15.7. The fourth-order valence-corrected chi connectivity index (χ4v) is 2.96. The van der Waals surface area contributed by atoms with Gasteiger partial charge in [-0.15, -0.1) is 11.3 Å². The van der Waals surface area contributed by atoms with Gasteiger partial charge in [-0.2, -0.15) is 5.26 Å². The Morgan fingerprint density at radius 2 is 2.04 bits per heavy atom. The molecule has 0 aliphatic rings. The number of carbonyl (C=O) groups is 1. The van der Waals surface area contributed by atoms with Crippen molar-refractivity contribution >= 4 is 23.2 Å². The van der Waals surface area contributed by atoms with E-state index in [0.29, 0.717) is 15.4 Å². The third-order valence-corrected chi connectivity index (χ3v) is 4.35. The van der Waals surface area contributed by atoms with Gasteiger partial charge in [0.15, 0.2) is 5.78 Å². The number of aromatic nitrogens is 1. The van der Waals surface area contributed by atoms with Gasteiger partial charge in [0.25, 0.3) is 0 Å². The molecule has 0 unspecified atom stereocenters. The second-order valence-electron chi connectivity index (χ2n) is 5.01. The summed E-state index contributed by atoms with van der Waals surface area (Å²) in [4.78, 5) is 17.0. The van der Waals surface area contributed by atoms with Gasteiger partial charge in [-0.25, -0.2) is 4.98 Å². The van der Waals surface area contributed by atoms with Crippen molar-refractivity contribution in [2.75, 3.05) is 0 Å². The molecule has 0 aliphatic carbocycles. The lowest BCUT2D eigenvalue weighted by Gasteiger charge is -1.96. The number of phenols is 1. The number of carbonyl (C=O) groups excluding carboxylic acids is 1. The summed E-state index contributed by atoms with van der Waals surface area (Å²) in [6.45, 7) is 0. The molecule has 0 bridgehead atoms. The maximum atomic E-state index is 12.3. The van der Waals surface area contributed by atoms with Crippen LogP contribution in [0.4, 0.5) is 0 Å².